The summed E-state index contributed by atoms with van der Waals surface area (Å²) in [6.45, 7) is 0. The molecule has 0 fully saturated rings. The summed E-state index contributed by atoms with van der Waals surface area (Å²) in [5.41, 5.74) is 5.83. The molecule has 5 nitrogen and oxygen atoms in total. The van der Waals surface area contributed by atoms with Crippen molar-refractivity contribution in [2.75, 3.05) is 12.8 Å². The number of anilines is 1. The smallest absolute Gasteiger partial charge is 0.188 e. The first-order valence-corrected chi connectivity index (χ1v) is 5.18. The molecule has 0 atom stereocenters. The number of rotatable bonds is 3. The van der Waals surface area contributed by atoms with Crippen LogP contribution in [0.4, 0.5) is 10.1 Å². The van der Waals surface area contributed by atoms with E-state index in [1.807, 2.05) is 0 Å². The standard InChI is InChI=1S/C9H9FN4OS/c1-15-7-3-8(5(10)2-6(7)11)16-9-12-4-13-14-9/h2-4H,11H2,1H3,(H,12,13,14). The Bertz CT molecular complexity index is 489. The van der Waals surface area contributed by atoms with Crippen molar-refractivity contribution in [2.45, 2.75) is 10.1 Å². The van der Waals surface area contributed by atoms with Gasteiger partial charge in [-0.2, -0.15) is 5.10 Å². The van der Waals surface area contributed by atoms with Crippen LogP contribution in [-0.4, -0.2) is 22.3 Å². The van der Waals surface area contributed by atoms with Gasteiger partial charge in [-0.1, -0.05) is 0 Å². The van der Waals surface area contributed by atoms with Crippen molar-refractivity contribution in [2.24, 2.45) is 0 Å². The van der Waals surface area contributed by atoms with Crippen LogP contribution in [0.15, 0.2) is 28.5 Å². The molecule has 0 saturated carbocycles. The number of aromatic nitrogens is 3. The minimum absolute atomic E-state index is 0.266. The summed E-state index contributed by atoms with van der Waals surface area (Å²) in [5, 5.41) is 6.81. The zero-order chi connectivity index (χ0) is 11.5. The van der Waals surface area contributed by atoms with Gasteiger partial charge in [0.1, 0.15) is 17.9 Å². The third-order valence-corrected chi connectivity index (χ3v) is 2.81. The second kappa shape index (κ2) is 4.40. The molecule has 0 bridgehead atoms. The number of nitrogen functional groups attached to an aromatic ring is 1. The first-order chi connectivity index (χ1) is 7.70. The largest absolute Gasteiger partial charge is 0.495 e. The van der Waals surface area contributed by atoms with Crippen LogP contribution < -0.4 is 10.5 Å². The average molecular weight is 240 g/mol. The predicted octanol–water partition coefficient (Wildman–Crippen LogP) is 1.69. The van der Waals surface area contributed by atoms with Crippen molar-refractivity contribution in [3.8, 4) is 5.75 Å². The van der Waals surface area contributed by atoms with Crippen molar-refractivity contribution in [3.05, 3.63) is 24.3 Å². The van der Waals surface area contributed by atoms with Gasteiger partial charge in [0, 0.05) is 6.07 Å². The van der Waals surface area contributed by atoms with Gasteiger partial charge in [-0.25, -0.2) is 9.37 Å². The quantitative estimate of drug-likeness (QED) is 0.798. The van der Waals surface area contributed by atoms with Gasteiger partial charge >= 0.3 is 0 Å². The molecule has 0 unspecified atom stereocenters. The second-order valence-electron chi connectivity index (χ2n) is 2.92. The highest BCUT2D eigenvalue weighted by Crippen LogP contribution is 2.33. The number of hydrogen-bond donors (Lipinski definition) is 2. The van der Waals surface area contributed by atoms with Crippen molar-refractivity contribution in [1.82, 2.24) is 15.2 Å². The fourth-order valence-corrected chi connectivity index (χ4v) is 1.88. The SMILES string of the molecule is COc1cc(Sc2ncn[nH]2)c(F)cc1N. The highest BCUT2D eigenvalue weighted by atomic mass is 32.2. The molecule has 2 rings (SSSR count). The Morgan fingerprint density at radius 3 is 2.94 bits per heavy atom. The molecular formula is C9H9FN4OS. The second-order valence-corrected chi connectivity index (χ2v) is 3.95. The van der Waals surface area contributed by atoms with E-state index >= 15 is 0 Å². The van der Waals surface area contributed by atoms with Crippen molar-refractivity contribution in [1.29, 1.82) is 0 Å². The van der Waals surface area contributed by atoms with E-state index in [-0.39, 0.29) is 5.69 Å². The monoisotopic (exact) mass is 240 g/mol. The minimum Gasteiger partial charge on any atom is -0.495 e. The molecule has 1 aromatic heterocycles. The predicted molar refractivity (Wildman–Crippen MR) is 57.9 cm³/mol. The molecule has 84 valence electrons. The van der Waals surface area contributed by atoms with E-state index in [0.29, 0.717) is 15.8 Å². The summed E-state index contributed by atoms with van der Waals surface area (Å²) < 4.78 is 18.5. The Kier molecular flexibility index (Phi) is 2.95. The van der Waals surface area contributed by atoms with Crippen LogP contribution in [0.5, 0.6) is 5.75 Å². The van der Waals surface area contributed by atoms with E-state index in [1.54, 1.807) is 0 Å². The van der Waals surface area contributed by atoms with Crippen LogP contribution in [0, 0.1) is 5.82 Å². The molecule has 0 amide bonds. The third kappa shape index (κ3) is 2.08. The lowest BCUT2D eigenvalue weighted by atomic mass is 10.3. The zero-order valence-corrected chi connectivity index (χ0v) is 9.21. The van der Waals surface area contributed by atoms with Crippen LogP contribution in [-0.2, 0) is 0 Å². The number of nitrogens with one attached hydrogen (secondary N) is 1. The van der Waals surface area contributed by atoms with Gasteiger partial charge in [0.2, 0.25) is 0 Å². The lowest BCUT2D eigenvalue weighted by Crippen LogP contribution is -1.95. The molecule has 0 aliphatic rings. The average Bonchev–Trinajstić information content (AvgIpc) is 2.75. The molecule has 16 heavy (non-hydrogen) atoms. The Labute approximate surface area is 95.2 Å². The first-order valence-electron chi connectivity index (χ1n) is 4.37. The van der Waals surface area contributed by atoms with Crippen LogP contribution in [0.3, 0.4) is 0 Å². The lowest BCUT2D eigenvalue weighted by Gasteiger charge is -2.07. The van der Waals surface area contributed by atoms with Gasteiger partial charge < -0.3 is 10.5 Å². The molecule has 1 aromatic carbocycles. The fourth-order valence-electron chi connectivity index (χ4n) is 1.15. The molecule has 0 spiro atoms. The third-order valence-electron chi connectivity index (χ3n) is 1.88. The van der Waals surface area contributed by atoms with Gasteiger partial charge in [-0.05, 0) is 17.8 Å². The molecule has 2 aromatic rings. The highest BCUT2D eigenvalue weighted by Gasteiger charge is 2.10. The van der Waals surface area contributed by atoms with Gasteiger partial charge in [0.25, 0.3) is 0 Å². The number of nitrogens with zero attached hydrogens (tertiary/aromatic N) is 2. The Morgan fingerprint density at radius 1 is 1.50 bits per heavy atom. The van der Waals surface area contributed by atoms with Gasteiger partial charge in [0.05, 0.1) is 17.7 Å². The maximum Gasteiger partial charge on any atom is 0.188 e. The highest BCUT2D eigenvalue weighted by molar-refractivity contribution is 7.99. The van der Waals surface area contributed by atoms with Crippen molar-refractivity contribution >= 4 is 17.4 Å². The summed E-state index contributed by atoms with van der Waals surface area (Å²) in [7, 11) is 1.48. The maximum absolute atomic E-state index is 13.5. The summed E-state index contributed by atoms with van der Waals surface area (Å²) in [4.78, 5) is 4.27. The van der Waals surface area contributed by atoms with E-state index in [0.717, 1.165) is 11.8 Å². The number of methoxy groups -OCH3 is 1. The van der Waals surface area contributed by atoms with E-state index in [4.69, 9.17) is 10.5 Å². The number of hydrogen-bond acceptors (Lipinski definition) is 5. The fraction of sp³-hybridized carbons (Fsp3) is 0.111. The number of nitrogens with two attached hydrogens (primary N) is 1. The Morgan fingerprint density at radius 2 is 2.31 bits per heavy atom. The topological polar surface area (TPSA) is 76.8 Å². The van der Waals surface area contributed by atoms with E-state index in [1.165, 1.54) is 25.6 Å². The van der Waals surface area contributed by atoms with Crippen LogP contribution in [0.1, 0.15) is 0 Å². The summed E-state index contributed by atoms with van der Waals surface area (Å²) in [6.07, 6.45) is 1.36. The van der Waals surface area contributed by atoms with Crippen LogP contribution in [0.25, 0.3) is 0 Å². The van der Waals surface area contributed by atoms with Gasteiger partial charge in [0.15, 0.2) is 5.16 Å². The maximum atomic E-state index is 13.5. The van der Waals surface area contributed by atoms with Crippen molar-refractivity contribution < 1.29 is 9.13 Å². The van der Waals surface area contributed by atoms with E-state index in [2.05, 4.69) is 15.2 Å². The molecule has 0 aliphatic carbocycles. The number of halogens is 1. The van der Waals surface area contributed by atoms with Gasteiger partial charge in [-0.15, -0.1) is 0 Å². The minimum atomic E-state index is -0.417. The molecule has 7 heteroatoms. The van der Waals surface area contributed by atoms with Gasteiger partial charge in [-0.3, -0.25) is 5.10 Å². The number of ether oxygens (including phenoxy) is 1. The number of H-pyrrole nitrogens is 1. The summed E-state index contributed by atoms with van der Waals surface area (Å²) >= 11 is 1.12. The molecule has 1 heterocycles. The lowest BCUT2D eigenvalue weighted by molar-refractivity contribution is 0.414. The molecule has 0 aliphatic heterocycles. The molecule has 0 saturated heterocycles. The van der Waals surface area contributed by atoms with E-state index < -0.39 is 5.82 Å². The van der Waals surface area contributed by atoms with Crippen LogP contribution in [0.2, 0.25) is 0 Å². The van der Waals surface area contributed by atoms with Crippen molar-refractivity contribution in [3.63, 3.8) is 0 Å². The Hall–Kier alpha value is -1.76. The summed E-state index contributed by atoms with van der Waals surface area (Å²) in [5.74, 6) is 0.0168. The van der Waals surface area contributed by atoms with E-state index in [9.17, 15) is 4.39 Å². The first kappa shape index (κ1) is 10.7. The normalized spacial score (nSPS) is 10.4. The number of aromatic amines is 1. The zero-order valence-electron chi connectivity index (χ0n) is 8.40. The molecule has 3 N–H and O–H groups in total. The Balaban J connectivity index is 2.33. The molecule has 0 radical (unpaired) electrons. The number of benzene rings is 1. The summed E-state index contributed by atoms with van der Waals surface area (Å²) in [6, 6.07) is 2.75. The van der Waals surface area contributed by atoms with Crippen LogP contribution >= 0.6 is 11.8 Å². The molecular weight excluding hydrogens is 231 g/mol.